The van der Waals surface area contributed by atoms with Gasteiger partial charge in [-0.25, -0.2) is 8.42 Å². The Morgan fingerprint density at radius 1 is 1.20 bits per heavy atom. The standard InChI is InChI=1S/C20H24BrN3O5S/c1-14-9-12-29-19(14)20(26)22-16-7-10-24(11-8-16)18(25)13-23(2)30(27,28)17-5-3-15(21)4-6-17/h3-6,9,12,16H,7-8,10-11,13H2,1-2H3,(H,22,26). The van der Waals surface area contributed by atoms with Crippen molar-refractivity contribution < 1.29 is 22.4 Å². The van der Waals surface area contributed by atoms with E-state index in [2.05, 4.69) is 21.2 Å². The van der Waals surface area contributed by atoms with E-state index in [4.69, 9.17) is 4.42 Å². The Bertz CT molecular complexity index is 1010. The maximum atomic E-state index is 12.7. The van der Waals surface area contributed by atoms with Crippen LogP contribution in [0, 0.1) is 6.92 Å². The maximum Gasteiger partial charge on any atom is 0.287 e. The monoisotopic (exact) mass is 497 g/mol. The highest BCUT2D eigenvalue weighted by Crippen LogP contribution is 2.19. The third-order valence-corrected chi connectivity index (χ3v) is 7.48. The number of aryl methyl sites for hydroxylation is 1. The van der Waals surface area contributed by atoms with Crippen LogP contribution in [0.3, 0.4) is 0 Å². The number of nitrogens with zero attached hydrogens (tertiary/aromatic N) is 2. The first-order valence-corrected chi connectivity index (χ1v) is 11.8. The van der Waals surface area contributed by atoms with Crippen LogP contribution in [0.2, 0.25) is 0 Å². The highest BCUT2D eigenvalue weighted by atomic mass is 79.9. The Morgan fingerprint density at radius 2 is 1.83 bits per heavy atom. The van der Waals surface area contributed by atoms with Crippen LogP contribution in [-0.2, 0) is 14.8 Å². The van der Waals surface area contributed by atoms with Gasteiger partial charge >= 0.3 is 0 Å². The number of likely N-dealkylation sites (tertiary alicyclic amines) is 1. The van der Waals surface area contributed by atoms with Gasteiger partial charge in [-0.3, -0.25) is 9.59 Å². The molecular weight excluding hydrogens is 474 g/mol. The third kappa shape index (κ3) is 5.11. The molecule has 1 saturated heterocycles. The Labute approximate surface area is 184 Å². The van der Waals surface area contributed by atoms with E-state index in [-0.39, 0.29) is 29.3 Å². The second-order valence-electron chi connectivity index (χ2n) is 7.28. The van der Waals surface area contributed by atoms with Gasteiger partial charge < -0.3 is 14.6 Å². The molecule has 162 valence electrons. The molecule has 0 radical (unpaired) electrons. The van der Waals surface area contributed by atoms with Crippen LogP contribution >= 0.6 is 15.9 Å². The number of nitrogens with one attached hydrogen (secondary N) is 1. The molecule has 2 amide bonds. The predicted octanol–water partition coefficient (Wildman–Crippen LogP) is 2.39. The normalized spacial score (nSPS) is 15.4. The number of halogens is 1. The summed E-state index contributed by atoms with van der Waals surface area (Å²) in [7, 11) is -2.35. The van der Waals surface area contributed by atoms with E-state index in [0.29, 0.717) is 31.7 Å². The van der Waals surface area contributed by atoms with Gasteiger partial charge in [-0.1, -0.05) is 15.9 Å². The Kier molecular flexibility index (Phi) is 6.99. The summed E-state index contributed by atoms with van der Waals surface area (Å²) in [6.45, 7) is 2.47. The van der Waals surface area contributed by atoms with Gasteiger partial charge in [-0.05, 0) is 50.1 Å². The van der Waals surface area contributed by atoms with Crippen LogP contribution in [0.4, 0.5) is 0 Å². The number of furan rings is 1. The van der Waals surface area contributed by atoms with Crippen molar-refractivity contribution in [2.75, 3.05) is 26.7 Å². The lowest BCUT2D eigenvalue weighted by molar-refractivity contribution is -0.132. The first kappa shape index (κ1) is 22.5. The fourth-order valence-electron chi connectivity index (χ4n) is 3.29. The molecule has 8 nitrogen and oxygen atoms in total. The van der Waals surface area contributed by atoms with Crippen molar-refractivity contribution >= 4 is 37.8 Å². The molecule has 3 rings (SSSR count). The Balaban J connectivity index is 1.52. The van der Waals surface area contributed by atoms with Crippen LogP contribution < -0.4 is 5.32 Å². The van der Waals surface area contributed by atoms with Gasteiger partial charge in [0.15, 0.2) is 5.76 Å². The van der Waals surface area contributed by atoms with Gasteiger partial charge in [-0.15, -0.1) is 0 Å². The summed E-state index contributed by atoms with van der Waals surface area (Å²) in [4.78, 5) is 26.6. The van der Waals surface area contributed by atoms with Crippen molar-refractivity contribution in [2.45, 2.75) is 30.7 Å². The number of carbonyl (C=O) groups is 2. The van der Waals surface area contributed by atoms with E-state index in [9.17, 15) is 18.0 Å². The van der Waals surface area contributed by atoms with Crippen molar-refractivity contribution in [3.05, 3.63) is 52.4 Å². The van der Waals surface area contributed by atoms with Crippen molar-refractivity contribution in [2.24, 2.45) is 0 Å². The number of likely N-dealkylation sites (N-methyl/N-ethyl adjacent to an activating group) is 1. The van der Waals surface area contributed by atoms with Gasteiger partial charge in [-0.2, -0.15) is 4.31 Å². The summed E-state index contributed by atoms with van der Waals surface area (Å²) >= 11 is 3.28. The summed E-state index contributed by atoms with van der Waals surface area (Å²) in [5, 5.41) is 2.93. The lowest BCUT2D eigenvalue weighted by Gasteiger charge is -2.33. The lowest BCUT2D eigenvalue weighted by Crippen LogP contribution is -2.49. The minimum absolute atomic E-state index is 0.0599. The molecule has 1 aliphatic heterocycles. The smallest absolute Gasteiger partial charge is 0.287 e. The zero-order valence-corrected chi connectivity index (χ0v) is 19.2. The number of hydrogen-bond acceptors (Lipinski definition) is 5. The third-order valence-electron chi connectivity index (χ3n) is 5.13. The highest BCUT2D eigenvalue weighted by Gasteiger charge is 2.28. The summed E-state index contributed by atoms with van der Waals surface area (Å²) < 4.78 is 32.4. The second-order valence-corrected chi connectivity index (χ2v) is 10.2. The number of hydrogen-bond donors (Lipinski definition) is 1. The van der Waals surface area contributed by atoms with E-state index in [0.717, 1.165) is 14.3 Å². The molecule has 1 fully saturated rings. The molecule has 0 spiro atoms. The van der Waals surface area contributed by atoms with Crippen LogP contribution in [0.1, 0.15) is 29.0 Å². The molecule has 1 N–H and O–H groups in total. The number of carbonyl (C=O) groups excluding carboxylic acids is 2. The van der Waals surface area contributed by atoms with Crippen LogP contribution in [0.25, 0.3) is 0 Å². The number of sulfonamides is 1. The van der Waals surface area contributed by atoms with Crippen molar-refractivity contribution in [3.8, 4) is 0 Å². The quantitative estimate of drug-likeness (QED) is 0.660. The molecule has 0 unspecified atom stereocenters. The molecule has 1 aliphatic rings. The van der Waals surface area contributed by atoms with Crippen LogP contribution in [-0.4, -0.2) is 62.2 Å². The number of rotatable bonds is 6. The van der Waals surface area contributed by atoms with Gasteiger partial charge in [0.05, 0.1) is 17.7 Å². The van der Waals surface area contributed by atoms with Crippen molar-refractivity contribution in [1.82, 2.24) is 14.5 Å². The summed E-state index contributed by atoms with van der Waals surface area (Å²) in [6, 6.07) is 7.95. The van der Waals surface area contributed by atoms with E-state index < -0.39 is 10.0 Å². The van der Waals surface area contributed by atoms with E-state index >= 15 is 0 Å². The minimum Gasteiger partial charge on any atom is -0.459 e. The molecule has 2 heterocycles. The van der Waals surface area contributed by atoms with Gasteiger partial charge in [0.2, 0.25) is 15.9 Å². The Hall–Kier alpha value is -2.17. The van der Waals surface area contributed by atoms with Gasteiger partial charge in [0.25, 0.3) is 5.91 Å². The Morgan fingerprint density at radius 3 is 2.40 bits per heavy atom. The summed E-state index contributed by atoms with van der Waals surface area (Å²) in [5.41, 5.74) is 0.773. The molecular formula is C20H24BrN3O5S. The minimum atomic E-state index is -3.75. The predicted molar refractivity (Wildman–Crippen MR) is 114 cm³/mol. The largest absolute Gasteiger partial charge is 0.459 e. The van der Waals surface area contributed by atoms with Crippen molar-refractivity contribution in [3.63, 3.8) is 0 Å². The lowest BCUT2D eigenvalue weighted by atomic mass is 10.0. The van der Waals surface area contributed by atoms with E-state index in [1.54, 1.807) is 30.0 Å². The van der Waals surface area contributed by atoms with Crippen LogP contribution in [0.15, 0.2) is 50.4 Å². The molecule has 0 atom stereocenters. The average molecular weight is 498 g/mol. The number of amides is 2. The highest BCUT2D eigenvalue weighted by molar-refractivity contribution is 9.10. The van der Waals surface area contributed by atoms with E-state index in [1.165, 1.54) is 25.4 Å². The second kappa shape index (κ2) is 9.32. The molecule has 0 aliphatic carbocycles. The van der Waals surface area contributed by atoms with Gasteiger partial charge in [0, 0.05) is 36.2 Å². The zero-order valence-electron chi connectivity index (χ0n) is 16.8. The molecule has 1 aromatic heterocycles. The SMILES string of the molecule is Cc1ccoc1C(=O)NC1CCN(C(=O)CN(C)S(=O)(=O)c2ccc(Br)cc2)CC1. The molecule has 10 heteroatoms. The molecule has 2 aromatic rings. The summed E-state index contributed by atoms with van der Waals surface area (Å²) in [6.07, 6.45) is 2.67. The van der Waals surface area contributed by atoms with Gasteiger partial charge in [0.1, 0.15) is 0 Å². The first-order chi connectivity index (χ1) is 14.2. The first-order valence-electron chi connectivity index (χ1n) is 9.53. The van der Waals surface area contributed by atoms with E-state index in [1.807, 2.05) is 0 Å². The maximum absolute atomic E-state index is 12.7. The number of piperidine rings is 1. The van der Waals surface area contributed by atoms with Crippen molar-refractivity contribution in [1.29, 1.82) is 0 Å². The summed E-state index contributed by atoms with van der Waals surface area (Å²) in [5.74, 6) is -0.222. The fourth-order valence-corrected chi connectivity index (χ4v) is 4.68. The molecule has 30 heavy (non-hydrogen) atoms. The average Bonchev–Trinajstić information content (AvgIpc) is 3.14. The van der Waals surface area contributed by atoms with Crippen LogP contribution in [0.5, 0.6) is 0 Å². The fraction of sp³-hybridized carbons (Fsp3) is 0.400. The zero-order chi connectivity index (χ0) is 21.9. The molecule has 1 aromatic carbocycles. The number of benzene rings is 1. The molecule has 0 saturated carbocycles. The molecule has 0 bridgehead atoms. The topological polar surface area (TPSA) is 99.9 Å².